The van der Waals surface area contributed by atoms with Gasteiger partial charge in [-0.3, -0.25) is 4.72 Å². The number of benzene rings is 4. The van der Waals surface area contributed by atoms with Crippen molar-refractivity contribution in [2.75, 3.05) is 21.8 Å². The van der Waals surface area contributed by atoms with Gasteiger partial charge in [-0.2, -0.15) is 0 Å². The first kappa shape index (κ1) is 26.9. The first-order valence-corrected chi connectivity index (χ1v) is 13.9. The maximum atomic E-state index is 12.8. The molecule has 0 saturated heterocycles. The van der Waals surface area contributed by atoms with Crippen molar-refractivity contribution in [1.82, 2.24) is 0 Å². The minimum absolute atomic E-state index is 0.0541. The van der Waals surface area contributed by atoms with E-state index in [0.29, 0.717) is 28.6 Å². The van der Waals surface area contributed by atoms with Gasteiger partial charge < -0.3 is 19.9 Å². The molecule has 4 aromatic carbocycles. The number of nitrogens with one attached hydrogen (secondary N) is 3. The van der Waals surface area contributed by atoms with Crippen LogP contribution >= 0.6 is 11.9 Å². The van der Waals surface area contributed by atoms with Crippen molar-refractivity contribution >= 4 is 45.0 Å². The molecule has 0 aliphatic rings. The number of rotatable bonds is 10. The molecule has 0 bridgehead atoms. The number of sulfonamides is 1. The fourth-order valence-electron chi connectivity index (χ4n) is 3.51. The lowest BCUT2D eigenvalue weighted by molar-refractivity contribution is 0.0697. The summed E-state index contributed by atoms with van der Waals surface area (Å²) >= 11 is 1.32. The summed E-state index contributed by atoms with van der Waals surface area (Å²) in [6.07, 6.45) is 0. The highest BCUT2D eigenvalue weighted by Gasteiger charge is 2.17. The Morgan fingerprint density at radius 1 is 0.789 bits per heavy atom. The summed E-state index contributed by atoms with van der Waals surface area (Å²) in [5.74, 6) is -0.374. The quantitative estimate of drug-likeness (QED) is 0.160. The minimum atomic E-state index is -3.79. The van der Waals surface area contributed by atoms with Crippen LogP contribution in [-0.4, -0.2) is 26.5 Å². The molecule has 8 nitrogen and oxygen atoms in total. The first-order chi connectivity index (χ1) is 18.1. The van der Waals surface area contributed by atoms with Crippen LogP contribution in [0.2, 0.25) is 0 Å². The Bertz CT molecular complexity index is 1550. The van der Waals surface area contributed by atoms with E-state index in [1.807, 2.05) is 38.1 Å². The van der Waals surface area contributed by atoms with E-state index in [1.165, 1.54) is 18.0 Å². The smallest absolute Gasteiger partial charge is 0.337 e. The summed E-state index contributed by atoms with van der Waals surface area (Å²) in [6, 6.07) is 24.0. The van der Waals surface area contributed by atoms with Gasteiger partial charge in [0.15, 0.2) is 0 Å². The van der Waals surface area contributed by atoms with E-state index < -0.39 is 16.0 Å². The normalized spacial score (nSPS) is 11.0. The molecular formula is C28H27N3O5S2. The predicted molar refractivity (Wildman–Crippen MR) is 152 cm³/mol. The summed E-state index contributed by atoms with van der Waals surface area (Å²) in [6.45, 7) is 3.88. The first-order valence-electron chi connectivity index (χ1n) is 11.6. The third-order valence-corrected chi connectivity index (χ3v) is 7.80. The van der Waals surface area contributed by atoms with Crippen LogP contribution in [0, 0.1) is 13.8 Å². The molecule has 4 rings (SSSR count). The summed E-state index contributed by atoms with van der Waals surface area (Å²) in [5, 5.41) is 12.7. The summed E-state index contributed by atoms with van der Waals surface area (Å²) in [7, 11) is -2.12. The lowest BCUT2D eigenvalue weighted by Gasteiger charge is -2.15. The van der Waals surface area contributed by atoms with Gasteiger partial charge in [0.25, 0.3) is 10.0 Å². The van der Waals surface area contributed by atoms with E-state index in [4.69, 9.17) is 4.74 Å². The Labute approximate surface area is 226 Å². The molecule has 0 spiro atoms. The number of carboxylic acids is 1. The molecule has 0 radical (unpaired) electrons. The van der Waals surface area contributed by atoms with Crippen molar-refractivity contribution in [3.8, 4) is 11.5 Å². The van der Waals surface area contributed by atoms with Crippen LogP contribution in [0.4, 0.5) is 17.1 Å². The maximum absolute atomic E-state index is 12.8. The maximum Gasteiger partial charge on any atom is 0.337 e. The predicted octanol–water partition coefficient (Wildman–Crippen LogP) is 6.76. The molecule has 38 heavy (non-hydrogen) atoms. The molecule has 4 aromatic rings. The average molecular weight is 550 g/mol. The molecule has 0 unspecified atom stereocenters. The molecule has 0 amide bonds. The third-order valence-electron chi connectivity index (χ3n) is 5.59. The van der Waals surface area contributed by atoms with Crippen LogP contribution in [0.15, 0.2) is 94.7 Å². The molecule has 0 aromatic heterocycles. The van der Waals surface area contributed by atoms with Gasteiger partial charge in [0.05, 0.1) is 27.5 Å². The molecule has 0 atom stereocenters. The molecule has 0 aliphatic heterocycles. The standard InChI is InChI=1S/C28H27N3O5S2/c1-18-4-10-22(11-5-18)37-30-25-14-8-20(16-24(25)28(32)33)36-21-9-15-26(27(17-21)29-3)31-38(34,35)23-12-6-19(2)7-13-23/h4-17,29-31H,1-3H3,(H,32,33). The largest absolute Gasteiger partial charge is 0.478 e. The van der Waals surface area contributed by atoms with Gasteiger partial charge in [0, 0.05) is 18.0 Å². The Kier molecular flexibility index (Phi) is 8.13. The number of carboxylic acid groups (broad SMARTS) is 1. The highest BCUT2D eigenvalue weighted by Crippen LogP contribution is 2.33. The number of anilines is 3. The Morgan fingerprint density at radius 2 is 1.37 bits per heavy atom. The monoisotopic (exact) mass is 549 g/mol. The zero-order valence-electron chi connectivity index (χ0n) is 21.0. The second-order valence-corrected chi connectivity index (χ2v) is 11.1. The molecule has 10 heteroatoms. The Hall–Kier alpha value is -4.15. The van der Waals surface area contributed by atoms with Gasteiger partial charge in [-0.1, -0.05) is 35.4 Å². The lowest BCUT2D eigenvalue weighted by Crippen LogP contribution is -2.14. The number of hydrogen-bond acceptors (Lipinski definition) is 7. The molecule has 0 aliphatic carbocycles. The van der Waals surface area contributed by atoms with Gasteiger partial charge in [-0.05, 0) is 80.4 Å². The van der Waals surface area contributed by atoms with Crippen LogP contribution in [0.5, 0.6) is 11.5 Å². The van der Waals surface area contributed by atoms with Crippen LogP contribution in [-0.2, 0) is 10.0 Å². The molecule has 0 fully saturated rings. The van der Waals surface area contributed by atoms with Gasteiger partial charge in [0.1, 0.15) is 11.5 Å². The lowest BCUT2D eigenvalue weighted by atomic mass is 10.1. The molecule has 0 saturated carbocycles. The number of aryl methyl sites for hydroxylation is 2. The number of hydrogen-bond donors (Lipinski definition) is 4. The summed E-state index contributed by atoms with van der Waals surface area (Å²) in [5.41, 5.74) is 3.43. The van der Waals surface area contributed by atoms with E-state index in [0.717, 1.165) is 16.0 Å². The van der Waals surface area contributed by atoms with Crippen molar-refractivity contribution in [1.29, 1.82) is 0 Å². The van der Waals surface area contributed by atoms with E-state index in [1.54, 1.807) is 61.6 Å². The van der Waals surface area contributed by atoms with Crippen molar-refractivity contribution in [3.05, 3.63) is 102 Å². The van der Waals surface area contributed by atoms with Crippen molar-refractivity contribution < 1.29 is 23.1 Å². The van der Waals surface area contributed by atoms with Gasteiger partial charge >= 0.3 is 5.97 Å². The topological polar surface area (TPSA) is 117 Å². The SMILES string of the molecule is CNc1cc(Oc2ccc(NSc3ccc(C)cc3)c(C(=O)O)c2)ccc1NS(=O)(=O)c1ccc(C)cc1. The zero-order valence-corrected chi connectivity index (χ0v) is 22.6. The highest BCUT2D eigenvalue weighted by atomic mass is 32.2. The Morgan fingerprint density at radius 3 is 1.97 bits per heavy atom. The molecule has 196 valence electrons. The molecule has 4 N–H and O–H groups in total. The third kappa shape index (κ3) is 6.58. The molecular weight excluding hydrogens is 522 g/mol. The van der Waals surface area contributed by atoms with Gasteiger partial charge in [-0.25, -0.2) is 13.2 Å². The fourth-order valence-corrected chi connectivity index (χ4v) is 5.27. The van der Waals surface area contributed by atoms with Crippen molar-refractivity contribution in [3.63, 3.8) is 0 Å². The van der Waals surface area contributed by atoms with Crippen molar-refractivity contribution in [2.24, 2.45) is 0 Å². The zero-order chi connectivity index (χ0) is 27.3. The fraction of sp³-hybridized carbons (Fsp3) is 0.107. The van der Waals surface area contributed by atoms with Gasteiger partial charge in [-0.15, -0.1) is 0 Å². The highest BCUT2D eigenvalue weighted by molar-refractivity contribution is 8.00. The second-order valence-electron chi connectivity index (χ2n) is 8.51. The summed E-state index contributed by atoms with van der Waals surface area (Å²) < 4.78 is 37.2. The van der Waals surface area contributed by atoms with Crippen LogP contribution in [0.3, 0.4) is 0 Å². The number of aromatic carboxylic acids is 1. The minimum Gasteiger partial charge on any atom is -0.478 e. The number of ether oxygens (including phenoxy) is 1. The van der Waals surface area contributed by atoms with Crippen LogP contribution in [0.1, 0.15) is 21.5 Å². The van der Waals surface area contributed by atoms with E-state index >= 15 is 0 Å². The van der Waals surface area contributed by atoms with E-state index in [-0.39, 0.29) is 10.5 Å². The van der Waals surface area contributed by atoms with Crippen molar-refractivity contribution in [2.45, 2.75) is 23.6 Å². The second kappa shape index (κ2) is 11.5. The van der Waals surface area contributed by atoms with Gasteiger partial charge in [0.2, 0.25) is 0 Å². The van der Waals surface area contributed by atoms with Crippen LogP contribution < -0.4 is 19.5 Å². The average Bonchev–Trinajstić information content (AvgIpc) is 2.89. The molecule has 0 heterocycles. The van der Waals surface area contributed by atoms with E-state index in [2.05, 4.69) is 14.8 Å². The van der Waals surface area contributed by atoms with E-state index in [9.17, 15) is 18.3 Å². The number of carbonyl (C=O) groups is 1. The summed E-state index contributed by atoms with van der Waals surface area (Å²) in [4.78, 5) is 13.0. The Balaban J connectivity index is 1.51. The van der Waals surface area contributed by atoms with Crippen LogP contribution in [0.25, 0.3) is 0 Å².